The van der Waals surface area contributed by atoms with Gasteiger partial charge < -0.3 is 9.47 Å². The van der Waals surface area contributed by atoms with Crippen molar-refractivity contribution in [3.8, 4) is 6.07 Å². The summed E-state index contributed by atoms with van der Waals surface area (Å²) < 4.78 is 10.7. The molecule has 25 heavy (non-hydrogen) atoms. The third-order valence-electron chi connectivity index (χ3n) is 4.33. The minimum atomic E-state index is -0.373. The predicted molar refractivity (Wildman–Crippen MR) is 92.4 cm³/mol. The van der Waals surface area contributed by atoms with E-state index in [2.05, 4.69) is 23.1 Å². The zero-order valence-electron chi connectivity index (χ0n) is 14.1. The first kappa shape index (κ1) is 17.2. The van der Waals surface area contributed by atoms with Crippen molar-refractivity contribution < 1.29 is 14.3 Å². The maximum atomic E-state index is 11.5. The van der Waals surface area contributed by atoms with E-state index in [1.54, 1.807) is 12.1 Å². The smallest absolute Gasteiger partial charge is 0.337 e. The predicted octanol–water partition coefficient (Wildman–Crippen LogP) is 3.14. The molecule has 3 rings (SSSR count). The molecule has 1 fully saturated rings. The molecule has 1 aliphatic heterocycles. The highest BCUT2D eigenvalue weighted by atomic mass is 16.5. The summed E-state index contributed by atoms with van der Waals surface area (Å²) in [6.07, 6.45) is -0.288. The molecule has 0 unspecified atom stereocenters. The first-order chi connectivity index (χ1) is 12.2. The molecule has 0 radical (unpaired) electrons. The largest absolute Gasteiger partial charge is 0.465 e. The van der Waals surface area contributed by atoms with E-state index in [1.807, 2.05) is 30.3 Å². The first-order valence-electron chi connectivity index (χ1n) is 8.17. The van der Waals surface area contributed by atoms with Crippen LogP contribution in [0.25, 0.3) is 0 Å². The van der Waals surface area contributed by atoms with Gasteiger partial charge in [0, 0.05) is 13.1 Å². The number of rotatable bonds is 4. The van der Waals surface area contributed by atoms with Gasteiger partial charge in [-0.15, -0.1) is 0 Å². The van der Waals surface area contributed by atoms with Crippen molar-refractivity contribution >= 4 is 5.97 Å². The fourth-order valence-electron chi connectivity index (χ4n) is 3.04. The molecule has 0 amide bonds. The second-order valence-electron chi connectivity index (χ2n) is 6.06. The van der Waals surface area contributed by atoms with Crippen LogP contribution >= 0.6 is 0 Å². The zero-order valence-corrected chi connectivity index (χ0v) is 14.1. The van der Waals surface area contributed by atoms with Crippen LogP contribution in [0, 0.1) is 17.2 Å². The molecule has 5 heteroatoms. The van der Waals surface area contributed by atoms with E-state index in [1.165, 1.54) is 12.7 Å². The van der Waals surface area contributed by atoms with Gasteiger partial charge in [-0.25, -0.2) is 4.79 Å². The lowest BCUT2D eigenvalue weighted by Gasteiger charge is -2.35. The molecule has 2 aromatic rings. The van der Waals surface area contributed by atoms with Crippen molar-refractivity contribution in [1.82, 2.24) is 4.90 Å². The lowest BCUT2D eigenvalue weighted by Crippen LogP contribution is -2.40. The third kappa shape index (κ3) is 4.05. The summed E-state index contributed by atoms with van der Waals surface area (Å²) in [6.45, 7) is 1.87. The Morgan fingerprint density at radius 3 is 2.60 bits per heavy atom. The van der Waals surface area contributed by atoms with Gasteiger partial charge >= 0.3 is 5.97 Å². The number of nitrogens with zero attached hydrogens (tertiary/aromatic N) is 2. The SMILES string of the molecule is COC(=O)c1ccc([C@H]2OCN(Cc3ccccc3)C[C@H]2C#N)cc1. The van der Waals surface area contributed by atoms with Crippen molar-refractivity contribution in [1.29, 1.82) is 5.26 Å². The van der Waals surface area contributed by atoms with Crippen LogP contribution < -0.4 is 0 Å². The highest BCUT2D eigenvalue weighted by molar-refractivity contribution is 5.89. The topological polar surface area (TPSA) is 62.6 Å². The fourth-order valence-corrected chi connectivity index (χ4v) is 3.04. The maximum absolute atomic E-state index is 11.5. The first-order valence-corrected chi connectivity index (χ1v) is 8.17. The summed E-state index contributed by atoms with van der Waals surface area (Å²) in [5.41, 5.74) is 2.59. The van der Waals surface area contributed by atoms with Gasteiger partial charge in [-0.3, -0.25) is 4.90 Å². The minimum absolute atomic E-state index is 0.263. The summed E-state index contributed by atoms with van der Waals surface area (Å²) in [5, 5.41) is 9.56. The molecule has 5 nitrogen and oxygen atoms in total. The van der Waals surface area contributed by atoms with Crippen LogP contribution in [0.3, 0.4) is 0 Å². The number of benzene rings is 2. The molecule has 2 aromatic carbocycles. The molecule has 0 spiro atoms. The lowest BCUT2D eigenvalue weighted by molar-refractivity contribution is -0.0944. The average Bonchev–Trinajstić information content (AvgIpc) is 2.68. The number of hydrogen-bond acceptors (Lipinski definition) is 5. The molecule has 128 valence electrons. The number of carbonyl (C=O) groups excluding carboxylic acids is 1. The normalized spacial score (nSPS) is 20.6. The molecule has 0 saturated carbocycles. The molecule has 2 atom stereocenters. The second-order valence-corrected chi connectivity index (χ2v) is 6.06. The van der Waals surface area contributed by atoms with Gasteiger partial charge in [0.2, 0.25) is 0 Å². The van der Waals surface area contributed by atoms with Gasteiger partial charge in [0.15, 0.2) is 0 Å². The summed E-state index contributed by atoms with van der Waals surface area (Å²) >= 11 is 0. The highest BCUT2D eigenvalue weighted by Crippen LogP contribution is 2.31. The van der Waals surface area contributed by atoms with Crippen LogP contribution in [0.2, 0.25) is 0 Å². The van der Waals surface area contributed by atoms with Gasteiger partial charge in [-0.2, -0.15) is 5.26 Å². The zero-order chi connectivity index (χ0) is 17.6. The Balaban J connectivity index is 1.68. The van der Waals surface area contributed by atoms with E-state index in [0.717, 1.165) is 12.1 Å². The lowest BCUT2D eigenvalue weighted by atomic mass is 9.94. The van der Waals surface area contributed by atoms with Gasteiger partial charge in [-0.05, 0) is 23.3 Å². The Morgan fingerprint density at radius 1 is 1.24 bits per heavy atom. The van der Waals surface area contributed by atoms with Gasteiger partial charge in [0.05, 0.1) is 24.7 Å². The molecule has 1 saturated heterocycles. The van der Waals surface area contributed by atoms with E-state index in [4.69, 9.17) is 9.47 Å². The quantitative estimate of drug-likeness (QED) is 0.803. The summed E-state index contributed by atoms with van der Waals surface area (Å²) in [4.78, 5) is 13.7. The number of ether oxygens (including phenoxy) is 2. The number of carbonyl (C=O) groups is 1. The summed E-state index contributed by atoms with van der Waals surface area (Å²) in [6, 6.07) is 19.6. The Kier molecular flexibility index (Phi) is 5.44. The Labute approximate surface area is 147 Å². The number of methoxy groups -OCH3 is 1. The maximum Gasteiger partial charge on any atom is 0.337 e. The monoisotopic (exact) mass is 336 g/mol. The van der Waals surface area contributed by atoms with Crippen LogP contribution in [0.5, 0.6) is 0 Å². The summed E-state index contributed by atoms with van der Waals surface area (Å²) in [5.74, 6) is -0.636. The van der Waals surface area contributed by atoms with E-state index in [-0.39, 0.29) is 18.0 Å². The van der Waals surface area contributed by atoms with Gasteiger partial charge in [0.1, 0.15) is 12.8 Å². The molecule has 0 N–H and O–H groups in total. The van der Waals surface area contributed by atoms with Gasteiger partial charge in [-0.1, -0.05) is 42.5 Å². The van der Waals surface area contributed by atoms with Gasteiger partial charge in [0.25, 0.3) is 0 Å². The van der Waals surface area contributed by atoms with E-state index in [0.29, 0.717) is 18.8 Å². The van der Waals surface area contributed by atoms with E-state index in [9.17, 15) is 10.1 Å². The average molecular weight is 336 g/mol. The van der Waals surface area contributed by atoms with Crippen molar-refractivity contribution in [2.24, 2.45) is 5.92 Å². The van der Waals surface area contributed by atoms with Crippen molar-refractivity contribution in [3.63, 3.8) is 0 Å². The molecule has 0 aliphatic carbocycles. The molecule has 1 heterocycles. The molecular weight excluding hydrogens is 316 g/mol. The molecule has 0 bridgehead atoms. The number of nitriles is 1. The molecule has 0 aromatic heterocycles. The van der Waals surface area contributed by atoms with E-state index < -0.39 is 0 Å². The number of esters is 1. The van der Waals surface area contributed by atoms with E-state index >= 15 is 0 Å². The Bertz CT molecular complexity index is 753. The van der Waals surface area contributed by atoms with Crippen molar-refractivity contribution in [2.45, 2.75) is 12.6 Å². The molecule has 1 aliphatic rings. The van der Waals surface area contributed by atoms with Crippen LogP contribution in [-0.2, 0) is 16.0 Å². The summed E-state index contributed by atoms with van der Waals surface area (Å²) in [7, 11) is 1.35. The van der Waals surface area contributed by atoms with Crippen LogP contribution in [0.4, 0.5) is 0 Å². The third-order valence-corrected chi connectivity index (χ3v) is 4.33. The fraction of sp³-hybridized carbons (Fsp3) is 0.300. The standard InChI is InChI=1S/C20H20N2O3/c1-24-20(23)17-9-7-16(8-10-17)19-18(11-21)13-22(14-25-19)12-15-5-3-2-4-6-15/h2-10,18-19H,12-14H2,1H3/t18-,19-/m1/s1. The Morgan fingerprint density at radius 2 is 1.96 bits per heavy atom. The highest BCUT2D eigenvalue weighted by Gasteiger charge is 2.31. The van der Waals surface area contributed by atoms with Crippen LogP contribution in [-0.4, -0.2) is 31.3 Å². The Hall–Kier alpha value is -2.68. The second kappa shape index (κ2) is 7.93. The minimum Gasteiger partial charge on any atom is -0.465 e. The van der Waals surface area contributed by atoms with Crippen molar-refractivity contribution in [3.05, 3.63) is 71.3 Å². The number of hydrogen-bond donors (Lipinski definition) is 0. The van der Waals surface area contributed by atoms with Crippen molar-refractivity contribution in [2.75, 3.05) is 20.4 Å². The molecular formula is C20H20N2O3. The van der Waals surface area contributed by atoms with Crippen LogP contribution in [0.1, 0.15) is 27.6 Å². The van der Waals surface area contributed by atoms with Crippen LogP contribution in [0.15, 0.2) is 54.6 Å².